The van der Waals surface area contributed by atoms with Gasteiger partial charge >= 0.3 is 71.1 Å². The minimum absolute atomic E-state index is 0. The molecule has 0 aliphatic carbocycles. The third-order valence-corrected chi connectivity index (χ3v) is 0.986. The summed E-state index contributed by atoms with van der Waals surface area (Å²) in [7, 11) is 0. The van der Waals surface area contributed by atoms with Gasteiger partial charge in [-0.1, -0.05) is 0 Å². The molecule has 11 heteroatoms. The molecule has 20 heavy (non-hydrogen) atoms. The molecule has 0 bridgehead atoms. The summed E-state index contributed by atoms with van der Waals surface area (Å²) in [6.45, 7) is 1.94. The van der Waals surface area contributed by atoms with Crippen molar-refractivity contribution >= 4 is 23.9 Å². The number of carbonyl (C=O) groups excluding carboxylic acids is 2. The molecule has 0 aromatic carbocycles. The summed E-state index contributed by atoms with van der Waals surface area (Å²) >= 11 is 0. The van der Waals surface area contributed by atoms with E-state index in [1.165, 1.54) is 0 Å². The van der Waals surface area contributed by atoms with Gasteiger partial charge in [-0.15, -0.1) is 0 Å². The number of carboxylic acids is 4. The Balaban J connectivity index is -0.0000000637. The maximum Gasteiger partial charge on any atom is 1.00 e. The first-order valence-corrected chi connectivity index (χ1v) is 4.56. The first-order valence-electron chi connectivity index (χ1n) is 4.56. The van der Waals surface area contributed by atoms with Gasteiger partial charge in [0.1, 0.15) is 6.04 Å². The van der Waals surface area contributed by atoms with Crippen molar-refractivity contribution in [2.75, 3.05) is 0 Å². The monoisotopic (exact) mass is 311 g/mol. The minimum atomic E-state index is -1.17. The van der Waals surface area contributed by atoms with E-state index >= 15 is 0 Å². The van der Waals surface area contributed by atoms with Crippen molar-refractivity contribution in [3.05, 3.63) is 0 Å². The third kappa shape index (κ3) is 64.7. The molecular weight excluding hydrogens is 296 g/mol. The zero-order chi connectivity index (χ0) is 15.3. The number of carboxylic acid groups (broad SMARTS) is 4. The maximum atomic E-state index is 9.99. The molecular formula is C9H15NNa2O8. The van der Waals surface area contributed by atoms with Crippen LogP contribution < -0.4 is 75.1 Å². The molecule has 0 aromatic heterocycles. The fourth-order valence-electron chi connectivity index (χ4n) is 0.402. The molecule has 0 spiro atoms. The molecule has 0 saturated heterocycles. The summed E-state index contributed by atoms with van der Waals surface area (Å²) in [6, 6.07) is -1.06. The van der Waals surface area contributed by atoms with Crippen LogP contribution in [0.1, 0.15) is 26.7 Å². The first-order chi connectivity index (χ1) is 8.00. The standard InChI is InChI=1S/C5H9NO4.2C2H4O2.2Na/c6-3(5(9)10)1-2-4(7)8;2*1-2(3)4;;/h3H,1-2,6H2,(H,7,8)(H,9,10);2*1H3,(H,3,4);;/q;;;2*+1/p-2. The van der Waals surface area contributed by atoms with E-state index in [1.807, 2.05) is 0 Å². The van der Waals surface area contributed by atoms with E-state index in [-0.39, 0.29) is 72.0 Å². The molecule has 106 valence electrons. The summed E-state index contributed by atoms with van der Waals surface area (Å²) in [5, 5.41) is 34.1. The van der Waals surface area contributed by atoms with E-state index in [0.29, 0.717) is 0 Å². The summed E-state index contributed by atoms with van der Waals surface area (Å²) in [5.74, 6) is -4.36. The quantitative estimate of drug-likeness (QED) is 0.424. The van der Waals surface area contributed by atoms with Crippen LogP contribution in [-0.2, 0) is 19.2 Å². The molecule has 0 saturated carbocycles. The fraction of sp³-hybridized carbons (Fsp3) is 0.556. The largest absolute Gasteiger partial charge is 1.00 e. The van der Waals surface area contributed by atoms with Crippen LogP contribution in [0.2, 0.25) is 0 Å². The van der Waals surface area contributed by atoms with E-state index in [0.717, 1.165) is 13.8 Å². The normalized spacial score (nSPS) is 8.75. The van der Waals surface area contributed by atoms with Gasteiger partial charge in [0.25, 0.3) is 0 Å². The molecule has 0 rings (SSSR count). The molecule has 0 heterocycles. The van der Waals surface area contributed by atoms with E-state index in [9.17, 15) is 9.59 Å². The van der Waals surface area contributed by atoms with Gasteiger partial charge in [0.2, 0.25) is 0 Å². The summed E-state index contributed by atoms with van der Waals surface area (Å²) in [4.78, 5) is 37.6. The number of carbonyl (C=O) groups is 4. The van der Waals surface area contributed by atoms with E-state index < -0.39 is 29.9 Å². The second-order valence-corrected chi connectivity index (χ2v) is 2.86. The van der Waals surface area contributed by atoms with Crippen molar-refractivity contribution in [3.63, 3.8) is 0 Å². The average molecular weight is 311 g/mol. The number of rotatable bonds is 4. The topological polar surface area (TPSA) is 181 Å². The van der Waals surface area contributed by atoms with Gasteiger partial charge < -0.3 is 35.7 Å². The summed E-state index contributed by atoms with van der Waals surface area (Å²) < 4.78 is 0. The first kappa shape index (κ1) is 32.0. The van der Waals surface area contributed by atoms with Crippen LogP contribution in [0.15, 0.2) is 0 Å². The van der Waals surface area contributed by atoms with Gasteiger partial charge in [0, 0.05) is 18.4 Å². The zero-order valence-electron chi connectivity index (χ0n) is 11.9. The van der Waals surface area contributed by atoms with Crippen LogP contribution >= 0.6 is 0 Å². The van der Waals surface area contributed by atoms with Crippen LogP contribution in [0, 0.1) is 0 Å². The predicted molar refractivity (Wildman–Crippen MR) is 53.8 cm³/mol. The minimum Gasteiger partial charge on any atom is -0.550 e. The van der Waals surface area contributed by atoms with Crippen molar-refractivity contribution < 1.29 is 98.7 Å². The van der Waals surface area contributed by atoms with E-state index in [4.69, 9.17) is 35.7 Å². The summed E-state index contributed by atoms with van der Waals surface area (Å²) in [5.41, 5.74) is 5.00. The Kier molecular flexibility index (Phi) is 33.8. The molecule has 9 nitrogen and oxygen atoms in total. The number of aliphatic carboxylic acids is 4. The predicted octanol–water partition coefficient (Wildman–Crippen LogP) is -9.22. The SMILES string of the molecule is CC(=O)[O-].CC(=O)[O-].NC(CCC(=O)O)C(=O)O.[Na+].[Na+]. The molecule has 0 amide bonds. The Hall–Kier alpha value is -0.160. The number of nitrogens with two attached hydrogens (primary N) is 1. The maximum absolute atomic E-state index is 9.99. The van der Waals surface area contributed by atoms with Crippen molar-refractivity contribution in [2.24, 2.45) is 5.73 Å². The third-order valence-electron chi connectivity index (χ3n) is 0.986. The van der Waals surface area contributed by atoms with Gasteiger partial charge in [-0.25, -0.2) is 0 Å². The second-order valence-electron chi connectivity index (χ2n) is 2.86. The average Bonchev–Trinajstić information content (AvgIpc) is 2.11. The van der Waals surface area contributed by atoms with Gasteiger partial charge in [-0.3, -0.25) is 9.59 Å². The molecule has 0 fully saturated rings. The van der Waals surface area contributed by atoms with Crippen LogP contribution in [0.4, 0.5) is 0 Å². The molecule has 0 radical (unpaired) electrons. The van der Waals surface area contributed by atoms with E-state index in [1.54, 1.807) is 0 Å². The van der Waals surface area contributed by atoms with Crippen LogP contribution in [0.5, 0.6) is 0 Å². The molecule has 4 N–H and O–H groups in total. The van der Waals surface area contributed by atoms with Crippen molar-refractivity contribution in [1.82, 2.24) is 0 Å². The Morgan fingerprint density at radius 2 is 1.25 bits per heavy atom. The molecule has 0 aliphatic heterocycles. The molecule has 0 aromatic rings. The van der Waals surface area contributed by atoms with Gasteiger partial charge in [0.15, 0.2) is 0 Å². The molecule has 1 atom stereocenters. The van der Waals surface area contributed by atoms with Crippen molar-refractivity contribution in [1.29, 1.82) is 0 Å². The van der Waals surface area contributed by atoms with Gasteiger partial charge in [0.05, 0.1) is 0 Å². The molecule has 0 aliphatic rings. The fourth-order valence-corrected chi connectivity index (χ4v) is 0.402. The smallest absolute Gasteiger partial charge is 0.550 e. The van der Waals surface area contributed by atoms with Crippen LogP contribution in [0.3, 0.4) is 0 Å². The van der Waals surface area contributed by atoms with E-state index in [2.05, 4.69) is 0 Å². The molecule has 1 unspecified atom stereocenters. The Bertz CT molecular complexity index is 278. The van der Waals surface area contributed by atoms with Crippen molar-refractivity contribution in [3.8, 4) is 0 Å². The Morgan fingerprint density at radius 1 is 1.00 bits per heavy atom. The number of hydrogen-bond donors (Lipinski definition) is 3. The Labute approximate surface area is 160 Å². The van der Waals surface area contributed by atoms with Crippen molar-refractivity contribution in [2.45, 2.75) is 32.7 Å². The van der Waals surface area contributed by atoms with Gasteiger partial charge in [-0.05, 0) is 20.3 Å². The van der Waals surface area contributed by atoms with Crippen LogP contribution in [0.25, 0.3) is 0 Å². The number of hydrogen-bond acceptors (Lipinski definition) is 7. The summed E-state index contributed by atoms with van der Waals surface area (Å²) in [6.07, 6.45) is -0.224. The van der Waals surface area contributed by atoms with Gasteiger partial charge in [-0.2, -0.15) is 0 Å². The Morgan fingerprint density at radius 3 is 1.40 bits per heavy atom. The van der Waals surface area contributed by atoms with Crippen LogP contribution in [-0.4, -0.2) is 40.1 Å². The zero-order valence-corrected chi connectivity index (χ0v) is 15.9. The second kappa shape index (κ2) is 21.1.